The van der Waals surface area contributed by atoms with Gasteiger partial charge < -0.3 is 10.6 Å². The highest BCUT2D eigenvalue weighted by molar-refractivity contribution is 7.92. The monoisotopic (exact) mass is 353 g/mol. The summed E-state index contributed by atoms with van der Waals surface area (Å²) in [6.07, 6.45) is 4.96. The van der Waals surface area contributed by atoms with Gasteiger partial charge in [-0.3, -0.25) is 14.3 Å². The van der Waals surface area contributed by atoms with Gasteiger partial charge in [0.05, 0.1) is 6.26 Å². The maximum absolute atomic E-state index is 12.1. The Labute approximate surface area is 142 Å². The highest BCUT2D eigenvalue weighted by Crippen LogP contribution is 2.24. The predicted molar refractivity (Wildman–Crippen MR) is 93.1 cm³/mol. The van der Waals surface area contributed by atoms with Crippen LogP contribution in [-0.2, 0) is 19.6 Å². The number of sulfonamides is 1. The summed E-state index contributed by atoms with van der Waals surface area (Å²) in [4.78, 5) is 24.2. The number of rotatable bonds is 6. The van der Waals surface area contributed by atoms with E-state index in [1.54, 1.807) is 31.2 Å². The molecule has 7 nitrogen and oxygen atoms in total. The third kappa shape index (κ3) is 5.52. The van der Waals surface area contributed by atoms with E-state index in [0.717, 1.165) is 31.9 Å². The van der Waals surface area contributed by atoms with Crippen molar-refractivity contribution < 1.29 is 18.0 Å². The van der Waals surface area contributed by atoms with E-state index < -0.39 is 16.1 Å². The maximum atomic E-state index is 12.1. The molecule has 1 atom stereocenters. The second kappa shape index (κ2) is 7.65. The number of carbonyl (C=O) groups is 2. The molecule has 0 bridgehead atoms. The van der Waals surface area contributed by atoms with Gasteiger partial charge in [-0.1, -0.05) is 12.8 Å². The van der Waals surface area contributed by atoms with Crippen LogP contribution < -0.4 is 15.4 Å². The first-order valence-electron chi connectivity index (χ1n) is 7.94. The average molecular weight is 353 g/mol. The smallest absolute Gasteiger partial charge is 0.246 e. The van der Waals surface area contributed by atoms with Gasteiger partial charge in [-0.15, -0.1) is 0 Å². The molecule has 0 aromatic heterocycles. The Morgan fingerprint density at radius 2 is 1.62 bits per heavy atom. The van der Waals surface area contributed by atoms with Crippen LogP contribution in [0.2, 0.25) is 0 Å². The second-order valence-electron chi connectivity index (χ2n) is 6.15. The number of benzene rings is 1. The fourth-order valence-corrected chi connectivity index (χ4v) is 3.24. The van der Waals surface area contributed by atoms with Crippen molar-refractivity contribution in [1.29, 1.82) is 0 Å². The Kier molecular flexibility index (Phi) is 5.82. The van der Waals surface area contributed by atoms with Crippen LogP contribution in [0.3, 0.4) is 0 Å². The van der Waals surface area contributed by atoms with Crippen molar-refractivity contribution in [2.24, 2.45) is 5.92 Å². The van der Waals surface area contributed by atoms with Gasteiger partial charge in [0.2, 0.25) is 21.8 Å². The van der Waals surface area contributed by atoms with E-state index in [-0.39, 0.29) is 17.7 Å². The summed E-state index contributed by atoms with van der Waals surface area (Å²) in [5, 5.41) is 5.44. The molecule has 1 aliphatic carbocycles. The molecule has 1 aliphatic rings. The van der Waals surface area contributed by atoms with Crippen molar-refractivity contribution >= 4 is 33.2 Å². The van der Waals surface area contributed by atoms with Crippen LogP contribution in [0.4, 0.5) is 11.4 Å². The quantitative estimate of drug-likeness (QED) is 0.724. The van der Waals surface area contributed by atoms with E-state index in [1.807, 2.05) is 0 Å². The Morgan fingerprint density at radius 1 is 1.08 bits per heavy atom. The lowest BCUT2D eigenvalue weighted by molar-refractivity contribution is -0.128. The summed E-state index contributed by atoms with van der Waals surface area (Å²) < 4.78 is 24.6. The summed E-state index contributed by atoms with van der Waals surface area (Å²) in [5.41, 5.74) is 0.944. The number of anilines is 2. The topological polar surface area (TPSA) is 104 Å². The fourth-order valence-electron chi connectivity index (χ4n) is 2.67. The Balaban J connectivity index is 1.87. The number of hydrogen-bond donors (Lipinski definition) is 3. The third-order valence-corrected chi connectivity index (χ3v) is 4.54. The molecule has 0 saturated heterocycles. The molecule has 1 saturated carbocycles. The van der Waals surface area contributed by atoms with Gasteiger partial charge in [0.1, 0.15) is 6.04 Å². The Morgan fingerprint density at radius 3 is 2.17 bits per heavy atom. The molecular weight excluding hydrogens is 330 g/mol. The minimum absolute atomic E-state index is 0.0154. The lowest BCUT2D eigenvalue weighted by Crippen LogP contribution is -2.43. The van der Waals surface area contributed by atoms with Gasteiger partial charge in [0, 0.05) is 17.3 Å². The van der Waals surface area contributed by atoms with Crippen LogP contribution in [0.1, 0.15) is 32.6 Å². The van der Waals surface area contributed by atoms with E-state index in [4.69, 9.17) is 0 Å². The molecule has 132 valence electrons. The van der Waals surface area contributed by atoms with Gasteiger partial charge in [-0.25, -0.2) is 8.42 Å². The first kappa shape index (κ1) is 18.3. The van der Waals surface area contributed by atoms with E-state index >= 15 is 0 Å². The van der Waals surface area contributed by atoms with E-state index in [2.05, 4.69) is 15.4 Å². The zero-order valence-corrected chi connectivity index (χ0v) is 14.7. The molecule has 1 aromatic carbocycles. The van der Waals surface area contributed by atoms with E-state index in [0.29, 0.717) is 11.4 Å². The Hall–Kier alpha value is -2.09. The SMILES string of the molecule is C[C@@H](NC(=O)C1CCCC1)C(=O)Nc1ccc(NS(C)(=O)=O)cc1. The minimum atomic E-state index is -3.33. The molecule has 1 fully saturated rings. The fraction of sp³-hybridized carbons (Fsp3) is 0.500. The number of hydrogen-bond acceptors (Lipinski definition) is 4. The molecule has 3 N–H and O–H groups in total. The molecule has 2 rings (SSSR count). The van der Waals surface area contributed by atoms with Crippen LogP contribution in [0.25, 0.3) is 0 Å². The zero-order chi connectivity index (χ0) is 17.7. The van der Waals surface area contributed by atoms with Gasteiger partial charge in [-0.05, 0) is 44.0 Å². The highest BCUT2D eigenvalue weighted by Gasteiger charge is 2.25. The third-order valence-electron chi connectivity index (χ3n) is 3.93. The lowest BCUT2D eigenvalue weighted by Gasteiger charge is -2.17. The average Bonchev–Trinajstić information content (AvgIpc) is 3.02. The zero-order valence-electron chi connectivity index (χ0n) is 13.8. The summed E-state index contributed by atoms with van der Waals surface area (Å²) in [5.74, 6) is -0.366. The standard InChI is InChI=1S/C16H23N3O4S/c1-11(17-16(21)12-5-3-4-6-12)15(20)18-13-7-9-14(10-8-13)19-24(2,22)23/h7-12,19H,3-6H2,1-2H3,(H,17,21)(H,18,20)/t11-/m1/s1. The van der Waals surface area contributed by atoms with Crippen molar-refractivity contribution in [3.8, 4) is 0 Å². The highest BCUT2D eigenvalue weighted by atomic mass is 32.2. The summed E-state index contributed by atoms with van der Waals surface area (Å²) >= 11 is 0. The van der Waals surface area contributed by atoms with Crippen LogP contribution in [-0.4, -0.2) is 32.5 Å². The van der Waals surface area contributed by atoms with Gasteiger partial charge in [-0.2, -0.15) is 0 Å². The molecule has 0 aliphatic heterocycles. The molecular formula is C16H23N3O4S. The van der Waals surface area contributed by atoms with Crippen LogP contribution in [0.15, 0.2) is 24.3 Å². The maximum Gasteiger partial charge on any atom is 0.246 e. The normalized spacial score (nSPS) is 16.4. The summed E-state index contributed by atoms with van der Waals surface area (Å²) in [7, 11) is -3.33. The van der Waals surface area contributed by atoms with Crippen LogP contribution in [0.5, 0.6) is 0 Å². The summed E-state index contributed by atoms with van der Waals surface area (Å²) in [6.45, 7) is 1.64. The predicted octanol–water partition coefficient (Wildman–Crippen LogP) is 1.69. The molecule has 2 amide bonds. The minimum Gasteiger partial charge on any atom is -0.344 e. The lowest BCUT2D eigenvalue weighted by atomic mass is 10.1. The molecule has 24 heavy (non-hydrogen) atoms. The van der Waals surface area contributed by atoms with Crippen LogP contribution in [0, 0.1) is 5.92 Å². The summed E-state index contributed by atoms with van der Waals surface area (Å²) in [6, 6.07) is 5.66. The van der Waals surface area contributed by atoms with Crippen molar-refractivity contribution in [3.63, 3.8) is 0 Å². The molecule has 0 unspecified atom stereocenters. The molecule has 0 radical (unpaired) electrons. The van der Waals surface area contributed by atoms with Gasteiger partial charge in [0.25, 0.3) is 0 Å². The van der Waals surface area contributed by atoms with Crippen molar-refractivity contribution in [3.05, 3.63) is 24.3 Å². The molecule has 0 heterocycles. The first-order valence-corrected chi connectivity index (χ1v) is 9.83. The molecule has 0 spiro atoms. The molecule has 1 aromatic rings. The van der Waals surface area contributed by atoms with Gasteiger partial charge >= 0.3 is 0 Å². The van der Waals surface area contributed by atoms with E-state index in [9.17, 15) is 18.0 Å². The second-order valence-corrected chi connectivity index (χ2v) is 7.90. The van der Waals surface area contributed by atoms with Crippen LogP contribution >= 0.6 is 0 Å². The van der Waals surface area contributed by atoms with Crippen molar-refractivity contribution in [2.75, 3.05) is 16.3 Å². The molecule has 8 heteroatoms. The largest absolute Gasteiger partial charge is 0.344 e. The van der Waals surface area contributed by atoms with Gasteiger partial charge in [0.15, 0.2) is 0 Å². The van der Waals surface area contributed by atoms with E-state index in [1.165, 1.54) is 0 Å². The number of carbonyl (C=O) groups excluding carboxylic acids is 2. The van der Waals surface area contributed by atoms with Crippen molar-refractivity contribution in [1.82, 2.24) is 5.32 Å². The van der Waals surface area contributed by atoms with Crippen molar-refractivity contribution in [2.45, 2.75) is 38.6 Å². The first-order chi connectivity index (χ1) is 11.2. The number of amides is 2. The number of nitrogens with one attached hydrogen (secondary N) is 3. The Bertz CT molecular complexity index is 695.